The summed E-state index contributed by atoms with van der Waals surface area (Å²) in [5, 5.41) is 3.42. The summed E-state index contributed by atoms with van der Waals surface area (Å²) in [6, 6.07) is 0.337. The summed E-state index contributed by atoms with van der Waals surface area (Å²) in [5.74, 6) is 0.451. The standard InChI is InChI=1S/C14H18N2/c1-15-14-10-6-2-4-8-12(10)16-13-9-5-3-7-11(13)14/h2,4,6,8,10,12,15H,3,5,7,9H2,1H3. The molecule has 2 nitrogen and oxygen atoms in total. The van der Waals surface area contributed by atoms with E-state index >= 15 is 0 Å². The van der Waals surface area contributed by atoms with E-state index in [0.29, 0.717) is 12.0 Å². The molecule has 0 aromatic carbocycles. The molecule has 1 aliphatic heterocycles. The average molecular weight is 214 g/mol. The molecule has 0 spiro atoms. The molecule has 84 valence electrons. The lowest BCUT2D eigenvalue weighted by molar-refractivity contribution is 0.575. The van der Waals surface area contributed by atoms with Gasteiger partial charge in [0.1, 0.15) is 0 Å². The Morgan fingerprint density at radius 2 is 2.00 bits per heavy atom. The fourth-order valence-electron chi connectivity index (χ4n) is 3.01. The predicted octanol–water partition coefficient (Wildman–Crippen LogP) is 2.60. The number of nitrogens with one attached hydrogen (secondary N) is 1. The van der Waals surface area contributed by atoms with Crippen LogP contribution in [-0.4, -0.2) is 18.8 Å². The molecule has 0 amide bonds. The molecular weight excluding hydrogens is 196 g/mol. The Balaban J connectivity index is 2.05. The van der Waals surface area contributed by atoms with Crippen LogP contribution in [0.15, 0.2) is 40.6 Å². The van der Waals surface area contributed by atoms with Gasteiger partial charge in [-0.15, -0.1) is 0 Å². The highest BCUT2D eigenvalue weighted by Crippen LogP contribution is 2.35. The number of fused-ring (bicyclic) bond motifs is 2. The van der Waals surface area contributed by atoms with E-state index in [1.165, 1.54) is 42.7 Å². The van der Waals surface area contributed by atoms with Gasteiger partial charge in [0.25, 0.3) is 0 Å². The first-order valence-corrected chi connectivity index (χ1v) is 6.23. The van der Waals surface area contributed by atoms with Crippen molar-refractivity contribution in [3.63, 3.8) is 0 Å². The Labute approximate surface area is 96.8 Å². The number of aliphatic imine (C=N–C) groups is 1. The maximum atomic E-state index is 4.90. The maximum Gasteiger partial charge on any atom is 0.0803 e. The van der Waals surface area contributed by atoms with Crippen LogP contribution in [0.5, 0.6) is 0 Å². The number of rotatable bonds is 1. The molecule has 0 saturated heterocycles. The van der Waals surface area contributed by atoms with E-state index in [9.17, 15) is 0 Å². The first-order valence-electron chi connectivity index (χ1n) is 6.23. The molecule has 2 heteroatoms. The van der Waals surface area contributed by atoms with Crippen molar-refractivity contribution in [2.24, 2.45) is 10.9 Å². The fraction of sp³-hybridized carbons (Fsp3) is 0.500. The fourth-order valence-corrected chi connectivity index (χ4v) is 3.01. The van der Waals surface area contributed by atoms with Crippen LogP contribution in [0.4, 0.5) is 0 Å². The summed E-state index contributed by atoms with van der Waals surface area (Å²) in [5.41, 5.74) is 4.27. The van der Waals surface area contributed by atoms with E-state index in [4.69, 9.17) is 4.99 Å². The van der Waals surface area contributed by atoms with Crippen molar-refractivity contribution in [3.05, 3.63) is 35.6 Å². The molecule has 2 unspecified atom stereocenters. The van der Waals surface area contributed by atoms with Gasteiger partial charge in [-0.2, -0.15) is 0 Å². The summed E-state index contributed by atoms with van der Waals surface area (Å²) in [7, 11) is 2.04. The normalized spacial score (nSPS) is 31.9. The monoisotopic (exact) mass is 214 g/mol. The van der Waals surface area contributed by atoms with Gasteiger partial charge in [-0.05, 0) is 31.3 Å². The van der Waals surface area contributed by atoms with Gasteiger partial charge < -0.3 is 5.32 Å². The van der Waals surface area contributed by atoms with Crippen molar-refractivity contribution in [2.75, 3.05) is 7.05 Å². The Bertz CT molecular complexity index is 412. The molecule has 1 saturated carbocycles. The van der Waals surface area contributed by atoms with Crippen molar-refractivity contribution in [1.29, 1.82) is 0 Å². The third-order valence-electron chi connectivity index (χ3n) is 3.78. The smallest absolute Gasteiger partial charge is 0.0803 e. The molecule has 0 aromatic rings. The molecule has 3 rings (SSSR count). The Hall–Kier alpha value is -1.31. The maximum absolute atomic E-state index is 4.90. The van der Waals surface area contributed by atoms with E-state index in [0.717, 1.165) is 0 Å². The number of hydrogen-bond acceptors (Lipinski definition) is 2. The third-order valence-corrected chi connectivity index (χ3v) is 3.78. The van der Waals surface area contributed by atoms with E-state index in [1.54, 1.807) is 0 Å². The second kappa shape index (κ2) is 3.93. The summed E-state index contributed by atoms with van der Waals surface area (Å²) in [6.07, 6.45) is 13.7. The van der Waals surface area contributed by atoms with Crippen LogP contribution in [-0.2, 0) is 0 Å². The highest BCUT2D eigenvalue weighted by Gasteiger charge is 2.31. The van der Waals surface area contributed by atoms with Crippen molar-refractivity contribution in [2.45, 2.75) is 31.7 Å². The quantitative estimate of drug-likeness (QED) is 0.713. The van der Waals surface area contributed by atoms with Crippen LogP contribution in [0, 0.1) is 5.92 Å². The lowest BCUT2D eigenvalue weighted by atomic mass is 9.80. The first-order chi connectivity index (χ1) is 7.90. The van der Waals surface area contributed by atoms with E-state index in [-0.39, 0.29) is 0 Å². The Morgan fingerprint density at radius 3 is 2.88 bits per heavy atom. The Kier molecular flexibility index (Phi) is 2.43. The first kappa shape index (κ1) is 9.88. The molecule has 1 N–H and O–H groups in total. The molecule has 2 aliphatic carbocycles. The van der Waals surface area contributed by atoms with Crippen molar-refractivity contribution < 1.29 is 0 Å². The minimum absolute atomic E-state index is 0.337. The number of allylic oxidation sites excluding steroid dienone is 3. The molecule has 3 aliphatic rings. The van der Waals surface area contributed by atoms with Gasteiger partial charge in [-0.25, -0.2) is 0 Å². The van der Waals surface area contributed by atoms with E-state index < -0.39 is 0 Å². The van der Waals surface area contributed by atoms with Crippen LogP contribution in [0.25, 0.3) is 0 Å². The zero-order valence-electron chi connectivity index (χ0n) is 9.74. The SMILES string of the molecule is CNC1=C2CCCCC2=NC2C=CC=CC12. The van der Waals surface area contributed by atoms with Crippen molar-refractivity contribution >= 4 is 5.71 Å². The van der Waals surface area contributed by atoms with Crippen LogP contribution in [0.3, 0.4) is 0 Å². The lowest BCUT2D eigenvalue weighted by Crippen LogP contribution is -2.34. The van der Waals surface area contributed by atoms with E-state index in [1.807, 2.05) is 7.05 Å². The molecule has 0 radical (unpaired) electrons. The van der Waals surface area contributed by atoms with E-state index in [2.05, 4.69) is 29.6 Å². The van der Waals surface area contributed by atoms with Crippen molar-refractivity contribution in [3.8, 4) is 0 Å². The number of dihydropyridines is 1. The van der Waals surface area contributed by atoms with Gasteiger partial charge in [-0.3, -0.25) is 4.99 Å². The van der Waals surface area contributed by atoms with Gasteiger partial charge in [0.2, 0.25) is 0 Å². The highest BCUT2D eigenvalue weighted by molar-refractivity contribution is 6.02. The highest BCUT2D eigenvalue weighted by atomic mass is 14.9. The molecule has 16 heavy (non-hydrogen) atoms. The lowest BCUT2D eigenvalue weighted by Gasteiger charge is -2.34. The van der Waals surface area contributed by atoms with Gasteiger partial charge in [0.05, 0.1) is 6.04 Å². The van der Waals surface area contributed by atoms with Gasteiger partial charge in [0, 0.05) is 24.4 Å². The molecule has 0 aromatic heterocycles. The topological polar surface area (TPSA) is 24.4 Å². The second-order valence-electron chi connectivity index (χ2n) is 4.71. The zero-order chi connectivity index (χ0) is 11.0. The average Bonchev–Trinajstić information content (AvgIpc) is 2.36. The third kappa shape index (κ3) is 1.44. The summed E-state index contributed by atoms with van der Waals surface area (Å²) >= 11 is 0. The number of nitrogens with zero attached hydrogens (tertiary/aromatic N) is 1. The summed E-state index contributed by atoms with van der Waals surface area (Å²) in [6.45, 7) is 0. The second-order valence-corrected chi connectivity index (χ2v) is 4.71. The van der Waals surface area contributed by atoms with Crippen LogP contribution in [0.1, 0.15) is 25.7 Å². The molecule has 2 atom stereocenters. The zero-order valence-corrected chi connectivity index (χ0v) is 9.74. The largest absolute Gasteiger partial charge is 0.391 e. The molecule has 1 fully saturated rings. The van der Waals surface area contributed by atoms with Crippen LogP contribution >= 0.6 is 0 Å². The summed E-state index contributed by atoms with van der Waals surface area (Å²) in [4.78, 5) is 4.90. The molecular formula is C14H18N2. The minimum Gasteiger partial charge on any atom is -0.391 e. The van der Waals surface area contributed by atoms with Gasteiger partial charge in [-0.1, -0.05) is 24.3 Å². The minimum atomic E-state index is 0.337. The van der Waals surface area contributed by atoms with Crippen LogP contribution in [0.2, 0.25) is 0 Å². The predicted molar refractivity (Wildman–Crippen MR) is 67.5 cm³/mol. The summed E-state index contributed by atoms with van der Waals surface area (Å²) < 4.78 is 0. The molecule has 1 heterocycles. The Morgan fingerprint density at radius 1 is 1.19 bits per heavy atom. The molecule has 0 bridgehead atoms. The van der Waals surface area contributed by atoms with Gasteiger partial charge in [0.15, 0.2) is 0 Å². The van der Waals surface area contributed by atoms with Gasteiger partial charge >= 0.3 is 0 Å². The van der Waals surface area contributed by atoms with Crippen molar-refractivity contribution in [1.82, 2.24) is 5.32 Å². The van der Waals surface area contributed by atoms with Crippen LogP contribution < -0.4 is 5.32 Å². The number of hydrogen-bond donors (Lipinski definition) is 1.